The third-order valence-corrected chi connectivity index (χ3v) is 4.95. The molecule has 0 spiro atoms. The summed E-state index contributed by atoms with van der Waals surface area (Å²) in [5, 5.41) is 5.75. The lowest BCUT2D eigenvalue weighted by molar-refractivity contribution is 0.0700. The summed E-state index contributed by atoms with van der Waals surface area (Å²) >= 11 is 0. The summed E-state index contributed by atoms with van der Waals surface area (Å²) < 4.78 is 11.5. The Bertz CT molecular complexity index is 966. The third-order valence-electron chi connectivity index (χ3n) is 4.95. The molecule has 144 valence electrons. The van der Waals surface area contributed by atoms with Gasteiger partial charge in [-0.15, -0.1) is 0 Å². The molecule has 1 aliphatic rings. The van der Waals surface area contributed by atoms with Crippen LogP contribution in [-0.4, -0.2) is 30.1 Å². The summed E-state index contributed by atoms with van der Waals surface area (Å²) in [7, 11) is 0. The fraction of sp³-hybridized carbons (Fsp3) is 0.273. The van der Waals surface area contributed by atoms with Gasteiger partial charge in [-0.25, -0.2) is 4.98 Å². The number of nitrogens with one attached hydrogen (secondary N) is 1. The Labute approximate surface area is 163 Å². The van der Waals surface area contributed by atoms with Crippen molar-refractivity contribution in [1.29, 1.82) is 0 Å². The second-order valence-electron chi connectivity index (χ2n) is 6.91. The van der Waals surface area contributed by atoms with E-state index in [1.807, 2.05) is 24.3 Å². The maximum Gasteiger partial charge on any atom is 0.250 e. The molecule has 2 aromatic carbocycles. The number of rotatable bonds is 6. The number of ether oxygens (including phenoxy) is 2. The predicted octanol–water partition coefficient (Wildman–Crippen LogP) is 3.39. The Morgan fingerprint density at radius 1 is 1.18 bits per heavy atom. The molecule has 4 rings (SSSR count). The van der Waals surface area contributed by atoms with Crippen LogP contribution in [0.4, 0.5) is 0 Å². The normalized spacial score (nSPS) is 16.8. The SMILES string of the molecule is NC(=O)c1ccc(Oc2ccc(CNC3CCCOC3)c3ccccc23)nc1. The van der Waals surface area contributed by atoms with Crippen molar-refractivity contribution in [2.45, 2.75) is 25.4 Å². The summed E-state index contributed by atoms with van der Waals surface area (Å²) in [5.74, 6) is 0.629. The molecule has 1 amide bonds. The van der Waals surface area contributed by atoms with Crippen LogP contribution in [-0.2, 0) is 11.3 Å². The van der Waals surface area contributed by atoms with E-state index in [9.17, 15) is 4.79 Å². The van der Waals surface area contributed by atoms with Crippen LogP contribution >= 0.6 is 0 Å². The van der Waals surface area contributed by atoms with Crippen molar-refractivity contribution in [2.75, 3.05) is 13.2 Å². The molecule has 1 atom stereocenters. The van der Waals surface area contributed by atoms with Crippen LogP contribution in [0.25, 0.3) is 10.8 Å². The van der Waals surface area contributed by atoms with Crippen molar-refractivity contribution < 1.29 is 14.3 Å². The van der Waals surface area contributed by atoms with E-state index in [1.165, 1.54) is 11.8 Å². The average molecular weight is 377 g/mol. The number of carbonyl (C=O) groups excluding carboxylic acids is 1. The molecule has 0 saturated carbocycles. The highest BCUT2D eigenvalue weighted by Crippen LogP contribution is 2.31. The fourth-order valence-electron chi connectivity index (χ4n) is 3.43. The van der Waals surface area contributed by atoms with Gasteiger partial charge in [0, 0.05) is 36.8 Å². The van der Waals surface area contributed by atoms with Gasteiger partial charge >= 0.3 is 0 Å². The summed E-state index contributed by atoms with van der Waals surface area (Å²) in [6.45, 7) is 2.41. The molecule has 1 aliphatic heterocycles. The molecule has 1 aromatic heterocycles. The molecule has 6 nitrogen and oxygen atoms in total. The standard InChI is InChI=1S/C22H23N3O3/c23-22(26)16-8-10-21(25-13-16)28-20-9-7-15(18-5-1-2-6-19(18)20)12-24-17-4-3-11-27-14-17/h1-2,5-10,13,17,24H,3-4,11-12,14H2,(H2,23,26). The smallest absolute Gasteiger partial charge is 0.250 e. The van der Waals surface area contributed by atoms with E-state index in [2.05, 4.69) is 22.4 Å². The Hall–Kier alpha value is -2.96. The molecule has 6 heteroatoms. The van der Waals surface area contributed by atoms with Gasteiger partial charge in [-0.2, -0.15) is 0 Å². The first kappa shape index (κ1) is 18.4. The molecule has 0 radical (unpaired) electrons. The lowest BCUT2D eigenvalue weighted by Gasteiger charge is -2.23. The van der Waals surface area contributed by atoms with Crippen LogP contribution in [0.1, 0.15) is 28.8 Å². The zero-order chi connectivity index (χ0) is 19.3. The van der Waals surface area contributed by atoms with E-state index in [-0.39, 0.29) is 0 Å². The van der Waals surface area contributed by atoms with E-state index >= 15 is 0 Å². The van der Waals surface area contributed by atoms with Crippen LogP contribution in [0.5, 0.6) is 11.6 Å². The highest BCUT2D eigenvalue weighted by atomic mass is 16.5. The highest BCUT2D eigenvalue weighted by Gasteiger charge is 2.14. The van der Waals surface area contributed by atoms with Gasteiger partial charge in [0.05, 0.1) is 12.2 Å². The van der Waals surface area contributed by atoms with E-state index in [4.69, 9.17) is 15.2 Å². The van der Waals surface area contributed by atoms with Crippen molar-refractivity contribution in [2.24, 2.45) is 5.73 Å². The topological polar surface area (TPSA) is 86.5 Å². The Morgan fingerprint density at radius 3 is 2.75 bits per heavy atom. The molecule has 3 aromatic rings. The van der Waals surface area contributed by atoms with Gasteiger partial charge in [0.15, 0.2) is 0 Å². The number of carbonyl (C=O) groups is 1. The van der Waals surface area contributed by atoms with Crippen LogP contribution in [0, 0.1) is 0 Å². The summed E-state index contributed by atoms with van der Waals surface area (Å²) in [5.41, 5.74) is 6.82. The van der Waals surface area contributed by atoms with Gasteiger partial charge in [0.1, 0.15) is 5.75 Å². The van der Waals surface area contributed by atoms with Crippen LogP contribution in [0.2, 0.25) is 0 Å². The van der Waals surface area contributed by atoms with Gasteiger partial charge < -0.3 is 20.5 Å². The largest absolute Gasteiger partial charge is 0.438 e. The number of amides is 1. The highest BCUT2D eigenvalue weighted by molar-refractivity contribution is 5.92. The molecule has 1 unspecified atom stereocenters. The minimum Gasteiger partial charge on any atom is -0.438 e. The Balaban J connectivity index is 1.55. The number of nitrogens with two attached hydrogens (primary N) is 1. The molecule has 1 saturated heterocycles. The monoisotopic (exact) mass is 377 g/mol. The van der Waals surface area contributed by atoms with Crippen molar-refractivity contribution in [3.05, 3.63) is 65.9 Å². The maximum absolute atomic E-state index is 11.2. The molecule has 1 fully saturated rings. The van der Waals surface area contributed by atoms with Crippen molar-refractivity contribution in [3.63, 3.8) is 0 Å². The van der Waals surface area contributed by atoms with Gasteiger partial charge in [-0.05, 0) is 35.9 Å². The lowest BCUT2D eigenvalue weighted by Crippen LogP contribution is -2.36. The van der Waals surface area contributed by atoms with E-state index in [1.54, 1.807) is 12.1 Å². The van der Waals surface area contributed by atoms with Crippen LogP contribution in [0.3, 0.4) is 0 Å². The quantitative estimate of drug-likeness (QED) is 0.688. The average Bonchev–Trinajstić information content (AvgIpc) is 2.74. The molecule has 0 bridgehead atoms. The molecule has 3 N–H and O–H groups in total. The van der Waals surface area contributed by atoms with Crippen molar-refractivity contribution in [3.8, 4) is 11.6 Å². The fourth-order valence-corrected chi connectivity index (χ4v) is 3.43. The molecule has 0 aliphatic carbocycles. The van der Waals surface area contributed by atoms with Gasteiger partial charge in [-0.3, -0.25) is 4.79 Å². The first-order chi connectivity index (χ1) is 13.7. The van der Waals surface area contributed by atoms with Gasteiger partial charge in [-0.1, -0.05) is 30.3 Å². The summed E-state index contributed by atoms with van der Waals surface area (Å²) in [6, 6.07) is 15.8. The molecule has 2 heterocycles. The first-order valence-electron chi connectivity index (χ1n) is 9.46. The van der Waals surface area contributed by atoms with Crippen LogP contribution in [0.15, 0.2) is 54.7 Å². The first-order valence-corrected chi connectivity index (χ1v) is 9.46. The Kier molecular flexibility index (Phi) is 5.50. The summed E-state index contributed by atoms with van der Waals surface area (Å²) in [6.07, 6.45) is 3.67. The number of hydrogen-bond donors (Lipinski definition) is 2. The second kappa shape index (κ2) is 8.37. The number of nitrogens with zero attached hydrogens (tertiary/aromatic N) is 1. The maximum atomic E-state index is 11.2. The number of aromatic nitrogens is 1. The van der Waals surface area contributed by atoms with Crippen molar-refractivity contribution in [1.82, 2.24) is 10.3 Å². The van der Waals surface area contributed by atoms with Crippen molar-refractivity contribution >= 4 is 16.7 Å². The summed E-state index contributed by atoms with van der Waals surface area (Å²) in [4.78, 5) is 15.4. The van der Waals surface area contributed by atoms with E-state index in [0.717, 1.165) is 49.1 Å². The number of fused-ring (bicyclic) bond motifs is 1. The van der Waals surface area contributed by atoms with Gasteiger partial charge in [0.2, 0.25) is 11.8 Å². The number of pyridine rings is 1. The zero-order valence-electron chi connectivity index (χ0n) is 15.6. The number of benzene rings is 2. The molecule has 28 heavy (non-hydrogen) atoms. The van der Waals surface area contributed by atoms with Crippen LogP contribution < -0.4 is 15.8 Å². The zero-order valence-corrected chi connectivity index (χ0v) is 15.6. The number of hydrogen-bond acceptors (Lipinski definition) is 5. The Morgan fingerprint density at radius 2 is 2.04 bits per heavy atom. The second-order valence-corrected chi connectivity index (χ2v) is 6.91. The lowest BCUT2D eigenvalue weighted by atomic mass is 10.0. The molecular weight excluding hydrogens is 354 g/mol. The number of primary amides is 1. The van der Waals surface area contributed by atoms with Gasteiger partial charge in [0.25, 0.3) is 0 Å². The third kappa shape index (κ3) is 4.13. The molecular formula is C22H23N3O3. The minimum absolute atomic E-state index is 0.352. The van der Waals surface area contributed by atoms with E-state index in [0.29, 0.717) is 17.5 Å². The minimum atomic E-state index is -0.510. The predicted molar refractivity (Wildman–Crippen MR) is 107 cm³/mol. The van der Waals surface area contributed by atoms with E-state index < -0.39 is 5.91 Å².